The Hall–Kier alpha value is -1.87. The van der Waals surface area contributed by atoms with Crippen molar-refractivity contribution in [2.45, 2.75) is 19.9 Å². The van der Waals surface area contributed by atoms with Gasteiger partial charge in [0, 0.05) is 5.39 Å². The summed E-state index contributed by atoms with van der Waals surface area (Å²) in [5.41, 5.74) is 3.52. The van der Waals surface area contributed by atoms with E-state index in [0.29, 0.717) is 0 Å². The molecule has 1 aromatic carbocycles. The summed E-state index contributed by atoms with van der Waals surface area (Å²) in [5.74, 6) is 0.970. The van der Waals surface area contributed by atoms with Crippen LogP contribution in [0.4, 0.5) is 5.82 Å². The average molecular weight is 268 g/mol. The molecule has 0 amide bonds. The molecule has 2 nitrogen and oxygen atoms in total. The molecule has 96 valence electrons. The van der Waals surface area contributed by atoms with E-state index in [4.69, 9.17) is 4.98 Å². The topological polar surface area (TPSA) is 24.9 Å². The number of rotatable bonds is 3. The molecular formula is C16H16N2S. The van der Waals surface area contributed by atoms with Crippen molar-refractivity contribution in [3.05, 3.63) is 58.3 Å². The van der Waals surface area contributed by atoms with Gasteiger partial charge in [0.2, 0.25) is 0 Å². The van der Waals surface area contributed by atoms with Crippen molar-refractivity contribution >= 4 is 28.1 Å². The zero-order valence-corrected chi connectivity index (χ0v) is 11.9. The minimum atomic E-state index is 0.276. The second kappa shape index (κ2) is 5.02. The number of nitrogens with zero attached hydrogens (tertiary/aromatic N) is 1. The Morgan fingerprint density at radius 2 is 2.05 bits per heavy atom. The van der Waals surface area contributed by atoms with E-state index in [9.17, 15) is 0 Å². The van der Waals surface area contributed by atoms with Gasteiger partial charge in [-0.25, -0.2) is 4.98 Å². The quantitative estimate of drug-likeness (QED) is 0.739. The van der Waals surface area contributed by atoms with Crippen LogP contribution in [0.15, 0.2) is 47.2 Å². The van der Waals surface area contributed by atoms with Crippen LogP contribution in [0.1, 0.15) is 24.1 Å². The van der Waals surface area contributed by atoms with Gasteiger partial charge in [-0.15, -0.1) is 0 Å². The predicted octanol–water partition coefficient (Wildman–Crippen LogP) is 4.78. The molecule has 1 atom stereocenters. The molecule has 1 N–H and O–H groups in total. The summed E-state index contributed by atoms with van der Waals surface area (Å²) in [7, 11) is 0. The van der Waals surface area contributed by atoms with Crippen LogP contribution >= 0.6 is 11.3 Å². The fourth-order valence-electron chi connectivity index (χ4n) is 2.18. The summed E-state index contributed by atoms with van der Waals surface area (Å²) < 4.78 is 0. The number of hydrogen-bond donors (Lipinski definition) is 1. The van der Waals surface area contributed by atoms with Gasteiger partial charge < -0.3 is 5.32 Å². The third-order valence-electron chi connectivity index (χ3n) is 3.31. The van der Waals surface area contributed by atoms with E-state index in [2.05, 4.69) is 54.2 Å². The molecule has 0 fully saturated rings. The number of nitrogens with one attached hydrogen (secondary N) is 1. The standard InChI is InChI=1S/C16H16N2S/c1-11-9-13-5-3-4-6-15(13)18-16(11)17-12(2)14-7-8-19-10-14/h3-10,12H,1-2H3,(H,17,18). The lowest BCUT2D eigenvalue weighted by molar-refractivity contribution is 0.879. The highest BCUT2D eigenvalue weighted by Gasteiger charge is 2.09. The van der Waals surface area contributed by atoms with E-state index in [-0.39, 0.29) is 6.04 Å². The molecule has 3 aromatic rings. The van der Waals surface area contributed by atoms with E-state index in [0.717, 1.165) is 11.3 Å². The number of benzene rings is 1. The number of thiophene rings is 1. The summed E-state index contributed by atoms with van der Waals surface area (Å²) in [6.07, 6.45) is 0. The van der Waals surface area contributed by atoms with Crippen molar-refractivity contribution in [1.29, 1.82) is 0 Å². The van der Waals surface area contributed by atoms with Gasteiger partial charge in [-0.05, 0) is 53.9 Å². The molecule has 0 radical (unpaired) electrons. The molecule has 0 bridgehead atoms. The minimum absolute atomic E-state index is 0.276. The van der Waals surface area contributed by atoms with Gasteiger partial charge in [-0.3, -0.25) is 0 Å². The van der Waals surface area contributed by atoms with Crippen LogP contribution in [-0.4, -0.2) is 4.98 Å². The highest BCUT2D eigenvalue weighted by atomic mass is 32.1. The van der Waals surface area contributed by atoms with E-state index in [1.54, 1.807) is 11.3 Å². The molecule has 2 aromatic heterocycles. The smallest absolute Gasteiger partial charge is 0.130 e. The molecule has 0 aliphatic heterocycles. The van der Waals surface area contributed by atoms with E-state index >= 15 is 0 Å². The third-order valence-corrected chi connectivity index (χ3v) is 4.01. The number of aryl methyl sites for hydroxylation is 1. The maximum Gasteiger partial charge on any atom is 0.130 e. The van der Waals surface area contributed by atoms with Gasteiger partial charge in [0.15, 0.2) is 0 Å². The van der Waals surface area contributed by atoms with Crippen molar-refractivity contribution in [3.8, 4) is 0 Å². The molecule has 0 spiro atoms. The van der Waals surface area contributed by atoms with Crippen LogP contribution in [-0.2, 0) is 0 Å². The second-order valence-corrected chi connectivity index (χ2v) is 5.55. The van der Waals surface area contributed by atoms with Crippen molar-refractivity contribution in [3.63, 3.8) is 0 Å². The first kappa shape index (κ1) is 12.2. The summed E-state index contributed by atoms with van der Waals surface area (Å²) in [6, 6.07) is 12.8. The number of aromatic nitrogens is 1. The van der Waals surface area contributed by atoms with Gasteiger partial charge in [0.05, 0.1) is 11.6 Å². The zero-order valence-electron chi connectivity index (χ0n) is 11.1. The highest BCUT2D eigenvalue weighted by Crippen LogP contribution is 2.24. The molecule has 3 rings (SSSR count). The molecule has 0 aliphatic rings. The fourth-order valence-corrected chi connectivity index (χ4v) is 2.93. The Balaban J connectivity index is 1.94. The van der Waals surface area contributed by atoms with Gasteiger partial charge >= 0.3 is 0 Å². The van der Waals surface area contributed by atoms with Crippen LogP contribution in [0.25, 0.3) is 10.9 Å². The first-order chi connectivity index (χ1) is 9.24. The Kier molecular flexibility index (Phi) is 3.22. The van der Waals surface area contributed by atoms with Crippen molar-refractivity contribution < 1.29 is 0 Å². The zero-order chi connectivity index (χ0) is 13.2. The van der Waals surface area contributed by atoms with Gasteiger partial charge in [-0.2, -0.15) is 11.3 Å². The molecule has 0 saturated heterocycles. The lowest BCUT2D eigenvalue weighted by atomic mass is 10.1. The Morgan fingerprint density at radius 3 is 2.84 bits per heavy atom. The molecule has 19 heavy (non-hydrogen) atoms. The third kappa shape index (κ3) is 2.47. The maximum absolute atomic E-state index is 4.72. The number of anilines is 1. The number of para-hydroxylation sites is 1. The molecule has 0 aliphatic carbocycles. The van der Waals surface area contributed by atoms with Crippen LogP contribution in [0.5, 0.6) is 0 Å². The monoisotopic (exact) mass is 268 g/mol. The van der Waals surface area contributed by atoms with Crippen molar-refractivity contribution in [2.75, 3.05) is 5.32 Å². The van der Waals surface area contributed by atoms with Crippen molar-refractivity contribution in [1.82, 2.24) is 4.98 Å². The lowest BCUT2D eigenvalue weighted by Gasteiger charge is -2.15. The molecule has 1 unspecified atom stereocenters. The Morgan fingerprint density at radius 1 is 1.21 bits per heavy atom. The maximum atomic E-state index is 4.72. The lowest BCUT2D eigenvalue weighted by Crippen LogP contribution is -2.08. The van der Waals surface area contributed by atoms with Crippen LogP contribution in [0.2, 0.25) is 0 Å². The highest BCUT2D eigenvalue weighted by molar-refractivity contribution is 7.07. The van der Waals surface area contributed by atoms with Gasteiger partial charge in [-0.1, -0.05) is 18.2 Å². The van der Waals surface area contributed by atoms with Crippen LogP contribution in [0.3, 0.4) is 0 Å². The summed E-state index contributed by atoms with van der Waals surface area (Å²) in [6.45, 7) is 4.26. The van der Waals surface area contributed by atoms with Gasteiger partial charge in [0.25, 0.3) is 0 Å². The normalized spacial score (nSPS) is 12.5. The van der Waals surface area contributed by atoms with Crippen LogP contribution < -0.4 is 5.32 Å². The largest absolute Gasteiger partial charge is 0.363 e. The van der Waals surface area contributed by atoms with Gasteiger partial charge in [0.1, 0.15) is 5.82 Å². The molecule has 3 heteroatoms. The van der Waals surface area contributed by atoms with E-state index < -0.39 is 0 Å². The fraction of sp³-hybridized carbons (Fsp3) is 0.188. The molecule has 2 heterocycles. The predicted molar refractivity (Wildman–Crippen MR) is 82.8 cm³/mol. The minimum Gasteiger partial charge on any atom is -0.363 e. The van der Waals surface area contributed by atoms with Crippen molar-refractivity contribution in [2.24, 2.45) is 0 Å². The SMILES string of the molecule is Cc1cc2ccccc2nc1NC(C)c1ccsc1. The molecule has 0 saturated carbocycles. The van der Waals surface area contributed by atoms with Crippen LogP contribution in [0, 0.1) is 6.92 Å². The molecular weight excluding hydrogens is 252 g/mol. The number of hydrogen-bond acceptors (Lipinski definition) is 3. The average Bonchev–Trinajstić information content (AvgIpc) is 2.93. The Labute approximate surface area is 117 Å². The summed E-state index contributed by atoms with van der Waals surface area (Å²) >= 11 is 1.72. The first-order valence-corrected chi connectivity index (χ1v) is 7.33. The Bertz CT molecular complexity index is 689. The second-order valence-electron chi connectivity index (χ2n) is 4.77. The summed E-state index contributed by atoms with van der Waals surface area (Å²) in [4.78, 5) is 4.72. The number of pyridine rings is 1. The first-order valence-electron chi connectivity index (χ1n) is 6.39. The van der Waals surface area contributed by atoms with E-state index in [1.165, 1.54) is 16.5 Å². The van der Waals surface area contributed by atoms with E-state index in [1.807, 2.05) is 12.1 Å². The summed E-state index contributed by atoms with van der Waals surface area (Å²) in [5, 5.41) is 8.97. The number of fused-ring (bicyclic) bond motifs is 1.